The van der Waals surface area contributed by atoms with Crippen LogP contribution in [0.1, 0.15) is 17.9 Å². The first-order valence-electron chi connectivity index (χ1n) is 9.12. The summed E-state index contributed by atoms with van der Waals surface area (Å²) >= 11 is 0. The van der Waals surface area contributed by atoms with Gasteiger partial charge in [-0.3, -0.25) is 0 Å². The van der Waals surface area contributed by atoms with E-state index in [0.29, 0.717) is 5.56 Å². The Hall–Kier alpha value is -2.48. The first-order chi connectivity index (χ1) is 13.9. The summed E-state index contributed by atoms with van der Waals surface area (Å²) in [6.45, 7) is -0.343. The predicted molar refractivity (Wildman–Crippen MR) is 112 cm³/mol. The molecule has 0 saturated carbocycles. The number of aliphatic hydroxyl groups excluding tert-OH is 1. The van der Waals surface area contributed by atoms with E-state index >= 15 is 0 Å². The Labute approximate surface area is 171 Å². The minimum atomic E-state index is -4.28. The molecular formula is C22H22O5S2. The smallest absolute Gasteiger partial charge is 0.196 e. The van der Waals surface area contributed by atoms with E-state index in [1.807, 2.05) is 0 Å². The molecule has 0 heterocycles. The summed E-state index contributed by atoms with van der Waals surface area (Å²) in [5.41, 5.74) is 0.547. The zero-order chi connectivity index (χ0) is 20.9. The molecule has 0 spiro atoms. The van der Waals surface area contributed by atoms with E-state index in [-0.39, 0.29) is 22.8 Å². The van der Waals surface area contributed by atoms with Crippen LogP contribution in [0.2, 0.25) is 0 Å². The standard InChI is InChI=1S/C22H22O5S2/c23-17-16-21(18-10-4-1-5-11-18)22(28(24,25)19-12-6-2-7-13-19)29(26,27)20-14-8-3-9-15-20/h1-15,21-23H,16-17H2/t21-/m0/s1. The fraction of sp³-hybridized carbons (Fsp3) is 0.182. The topological polar surface area (TPSA) is 88.5 Å². The molecule has 0 aromatic heterocycles. The van der Waals surface area contributed by atoms with Crippen molar-refractivity contribution in [2.45, 2.75) is 26.7 Å². The Morgan fingerprint density at radius 1 is 0.621 bits per heavy atom. The number of rotatable bonds is 8. The van der Waals surface area contributed by atoms with E-state index in [9.17, 15) is 21.9 Å². The average Bonchev–Trinajstić information content (AvgIpc) is 2.75. The highest BCUT2D eigenvalue weighted by atomic mass is 32.3. The van der Waals surface area contributed by atoms with Crippen LogP contribution in [-0.2, 0) is 19.7 Å². The number of sulfone groups is 2. The van der Waals surface area contributed by atoms with Crippen LogP contribution >= 0.6 is 0 Å². The largest absolute Gasteiger partial charge is 0.396 e. The van der Waals surface area contributed by atoms with E-state index in [1.165, 1.54) is 24.3 Å². The van der Waals surface area contributed by atoms with Crippen molar-refractivity contribution in [3.8, 4) is 0 Å². The molecule has 0 aliphatic heterocycles. The number of hydrogen-bond acceptors (Lipinski definition) is 5. The lowest BCUT2D eigenvalue weighted by atomic mass is 9.98. The summed E-state index contributed by atoms with van der Waals surface area (Å²) < 4.78 is 52.6. The minimum Gasteiger partial charge on any atom is -0.396 e. The monoisotopic (exact) mass is 430 g/mol. The van der Waals surface area contributed by atoms with Gasteiger partial charge in [-0.2, -0.15) is 0 Å². The number of benzene rings is 3. The highest BCUT2D eigenvalue weighted by Gasteiger charge is 2.45. The van der Waals surface area contributed by atoms with Crippen molar-refractivity contribution in [1.29, 1.82) is 0 Å². The molecule has 0 saturated heterocycles. The van der Waals surface area contributed by atoms with E-state index in [2.05, 4.69) is 0 Å². The van der Waals surface area contributed by atoms with Crippen molar-refractivity contribution in [2.75, 3.05) is 6.61 Å². The third-order valence-electron chi connectivity index (χ3n) is 4.75. The fourth-order valence-corrected chi connectivity index (χ4v) is 8.45. The Morgan fingerprint density at radius 3 is 1.38 bits per heavy atom. The van der Waals surface area contributed by atoms with E-state index in [1.54, 1.807) is 66.7 Å². The molecule has 29 heavy (non-hydrogen) atoms. The molecule has 0 unspecified atom stereocenters. The molecule has 0 radical (unpaired) electrons. The molecule has 3 aromatic carbocycles. The molecule has 5 nitrogen and oxygen atoms in total. The maximum absolute atomic E-state index is 13.6. The van der Waals surface area contributed by atoms with Gasteiger partial charge in [-0.1, -0.05) is 66.7 Å². The third-order valence-corrected chi connectivity index (χ3v) is 10.0. The summed E-state index contributed by atoms with van der Waals surface area (Å²) in [6.07, 6.45) is -0.00714. The van der Waals surface area contributed by atoms with Crippen molar-refractivity contribution in [3.63, 3.8) is 0 Å². The second-order valence-electron chi connectivity index (χ2n) is 6.61. The van der Waals surface area contributed by atoms with Crippen LogP contribution in [0.4, 0.5) is 0 Å². The van der Waals surface area contributed by atoms with Crippen LogP contribution in [0, 0.1) is 0 Å². The Balaban J connectivity index is 2.27. The van der Waals surface area contributed by atoms with Gasteiger partial charge < -0.3 is 5.11 Å². The molecular weight excluding hydrogens is 408 g/mol. The van der Waals surface area contributed by atoms with Gasteiger partial charge in [-0.25, -0.2) is 16.8 Å². The summed E-state index contributed by atoms with van der Waals surface area (Å²) in [5, 5.41) is 9.63. The molecule has 7 heteroatoms. The van der Waals surface area contributed by atoms with Crippen LogP contribution in [0.15, 0.2) is 101 Å². The molecule has 0 bridgehead atoms. The van der Waals surface area contributed by atoms with Crippen molar-refractivity contribution >= 4 is 19.7 Å². The minimum absolute atomic E-state index is 0.00714. The second kappa shape index (κ2) is 8.90. The van der Waals surface area contributed by atoms with E-state index in [4.69, 9.17) is 0 Å². The molecule has 0 amide bonds. The van der Waals surface area contributed by atoms with Gasteiger partial charge in [0.15, 0.2) is 24.3 Å². The van der Waals surface area contributed by atoms with Gasteiger partial charge in [0.25, 0.3) is 0 Å². The summed E-state index contributed by atoms with van der Waals surface area (Å²) in [6, 6.07) is 23.7. The highest BCUT2D eigenvalue weighted by molar-refractivity contribution is 8.09. The predicted octanol–water partition coefficient (Wildman–Crippen LogP) is 3.43. The van der Waals surface area contributed by atoms with Gasteiger partial charge in [-0.15, -0.1) is 0 Å². The molecule has 0 aliphatic carbocycles. The second-order valence-corrected chi connectivity index (χ2v) is 11.1. The lowest BCUT2D eigenvalue weighted by molar-refractivity contribution is 0.277. The maximum atomic E-state index is 13.6. The first kappa shape index (κ1) is 21.2. The molecule has 1 atom stereocenters. The van der Waals surface area contributed by atoms with Crippen LogP contribution in [-0.4, -0.2) is 33.1 Å². The zero-order valence-corrected chi connectivity index (χ0v) is 17.3. The van der Waals surface area contributed by atoms with Gasteiger partial charge >= 0.3 is 0 Å². The van der Waals surface area contributed by atoms with Crippen molar-refractivity contribution in [1.82, 2.24) is 0 Å². The quantitative estimate of drug-likeness (QED) is 0.591. The van der Waals surface area contributed by atoms with Crippen LogP contribution < -0.4 is 0 Å². The van der Waals surface area contributed by atoms with Gasteiger partial charge in [0.05, 0.1) is 9.79 Å². The summed E-state index contributed by atoms with van der Waals surface area (Å²) in [5.74, 6) is -0.934. The maximum Gasteiger partial charge on any atom is 0.196 e. The number of hydrogen-bond donors (Lipinski definition) is 1. The molecule has 0 aliphatic rings. The SMILES string of the molecule is O=S(=O)(c1ccccc1)C([C@@H](CCO)c1ccccc1)S(=O)(=O)c1ccccc1. The Kier molecular flexibility index (Phi) is 6.52. The highest BCUT2D eigenvalue weighted by Crippen LogP contribution is 2.37. The van der Waals surface area contributed by atoms with Crippen molar-refractivity contribution in [3.05, 3.63) is 96.6 Å². The zero-order valence-electron chi connectivity index (χ0n) is 15.6. The van der Waals surface area contributed by atoms with Crippen molar-refractivity contribution in [2.24, 2.45) is 0 Å². The molecule has 3 rings (SSSR count). The van der Waals surface area contributed by atoms with Crippen LogP contribution in [0.25, 0.3) is 0 Å². The van der Waals surface area contributed by atoms with Gasteiger partial charge in [-0.05, 0) is 36.2 Å². The van der Waals surface area contributed by atoms with E-state index < -0.39 is 30.2 Å². The first-order valence-corrected chi connectivity index (χ1v) is 12.2. The fourth-order valence-electron chi connectivity index (χ4n) is 3.39. The van der Waals surface area contributed by atoms with E-state index in [0.717, 1.165) is 0 Å². The lowest BCUT2D eigenvalue weighted by Crippen LogP contribution is -2.37. The van der Waals surface area contributed by atoms with Gasteiger partial charge in [0, 0.05) is 12.5 Å². The van der Waals surface area contributed by atoms with Gasteiger partial charge in [0.2, 0.25) is 0 Å². The summed E-state index contributed by atoms with van der Waals surface area (Å²) in [7, 11) is -8.55. The summed E-state index contributed by atoms with van der Waals surface area (Å²) in [4.78, 5) is -0.133. The average molecular weight is 431 g/mol. The van der Waals surface area contributed by atoms with Gasteiger partial charge in [0.1, 0.15) is 0 Å². The number of aliphatic hydroxyl groups is 1. The Morgan fingerprint density at radius 2 is 1.00 bits per heavy atom. The lowest BCUT2D eigenvalue weighted by Gasteiger charge is -2.27. The Bertz CT molecular complexity index is 1060. The van der Waals surface area contributed by atoms with Crippen LogP contribution in [0.3, 0.4) is 0 Å². The molecule has 152 valence electrons. The normalized spacial score (nSPS) is 13.3. The van der Waals surface area contributed by atoms with Crippen LogP contribution in [0.5, 0.6) is 0 Å². The molecule has 3 aromatic rings. The molecule has 0 fully saturated rings. The molecule has 1 N–H and O–H groups in total. The third kappa shape index (κ3) is 4.42. The van der Waals surface area contributed by atoms with Crippen molar-refractivity contribution < 1.29 is 21.9 Å².